The molecule has 0 saturated heterocycles. The Bertz CT molecular complexity index is 650. The molecule has 0 amide bonds. The van der Waals surface area contributed by atoms with Crippen molar-refractivity contribution < 1.29 is 0 Å². The van der Waals surface area contributed by atoms with Crippen molar-refractivity contribution in [3.8, 4) is 10.7 Å². The summed E-state index contributed by atoms with van der Waals surface area (Å²) in [6.07, 6.45) is 0. The summed E-state index contributed by atoms with van der Waals surface area (Å²) in [5.41, 5.74) is 1.88. The van der Waals surface area contributed by atoms with Gasteiger partial charge in [-0.05, 0) is 34.7 Å². The van der Waals surface area contributed by atoms with E-state index in [1.165, 1.54) is 0 Å². The summed E-state index contributed by atoms with van der Waals surface area (Å²) in [5, 5.41) is 10.1. The highest BCUT2D eigenvalue weighted by Crippen LogP contribution is 2.24. The van der Waals surface area contributed by atoms with Crippen molar-refractivity contribution in [1.29, 1.82) is 0 Å². The highest BCUT2D eigenvalue weighted by molar-refractivity contribution is 14.1. The van der Waals surface area contributed by atoms with Crippen LogP contribution in [0, 0.1) is 3.01 Å². The number of fused-ring (bicyclic) bond motifs is 1. The van der Waals surface area contributed by atoms with Crippen LogP contribution in [0.5, 0.6) is 0 Å². The van der Waals surface area contributed by atoms with E-state index in [0.717, 1.165) is 24.6 Å². The molecule has 0 aliphatic rings. The van der Waals surface area contributed by atoms with Crippen LogP contribution < -0.4 is 0 Å². The summed E-state index contributed by atoms with van der Waals surface area (Å²) in [5.74, 6) is 0. The van der Waals surface area contributed by atoms with Gasteiger partial charge in [-0.1, -0.05) is 35.6 Å². The van der Waals surface area contributed by atoms with Crippen LogP contribution >= 0.6 is 33.9 Å². The second kappa shape index (κ2) is 4.06. The summed E-state index contributed by atoms with van der Waals surface area (Å²) in [4.78, 5) is 4.56. The zero-order valence-electron chi connectivity index (χ0n) is 8.09. The van der Waals surface area contributed by atoms with Crippen LogP contribution in [0.25, 0.3) is 21.6 Å². The van der Waals surface area contributed by atoms with Crippen molar-refractivity contribution in [2.45, 2.75) is 0 Å². The summed E-state index contributed by atoms with van der Waals surface area (Å²) in [6.45, 7) is 0. The van der Waals surface area contributed by atoms with Gasteiger partial charge in [-0.3, -0.25) is 0 Å². The van der Waals surface area contributed by atoms with Gasteiger partial charge in [0.1, 0.15) is 5.69 Å². The van der Waals surface area contributed by atoms with E-state index in [1.54, 1.807) is 11.3 Å². The molecule has 3 nitrogen and oxygen atoms in total. The molecular weight excluding hydrogens is 333 g/mol. The second-order valence-corrected chi connectivity index (χ2v) is 5.98. The number of aromatic nitrogens is 3. The molecule has 0 aliphatic carbocycles. The number of pyridine rings is 1. The van der Waals surface area contributed by atoms with Gasteiger partial charge >= 0.3 is 0 Å². The third-order valence-corrected chi connectivity index (χ3v) is 3.83. The molecule has 1 aromatic carbocycles. The first-order valence-electron chi connectivity index (χ1n) is 4.68. The van der Waals surface area contributed by atoms with Crippen LogP contribution in [0.15, 0.2) is 36.4 Å². The first-order valence-corrected chi connectivity index (χ1v) is 6.57. The van der Waals surface area contributed by atoms with Gasteiger partial charge in [0, 0.05) is 5.39 Å². The van der Waals surface area contributed by atoms with Crippen LogP contribution in [0.4, 0.5) is 0 Å². The minimum atomic E-state index is 0.871. The van der Waals surface area contributed by atoms with Crippen LogP contribution in [0.2, 0.25) is 0 Å². The lowest BCUT2D eigenvalue weighted by Crippen LogP contribution is -1.84. The maximum Gasteiger partial charge on any atom is 0.178 e. The molecule has 0 saturated carbocycles. The molecule has 0 spiro atoms. The Morgan fingerprint density at radius 3 is 2.69 bits per heavy atom. The highest BCUT2D eigenvalue weighted by atomic mass is 127. The van der Waals surface area contributed by atoms with E-state index in [0.29, 0.717) is 0 Å². The first-order chi connectivity index (χ1) is 7.83. The summed E-state index contributed by atoms with van der Waals surface area (Å²) < 4.78 is 0.933. The fraction of sp³-hybridized carbons (Fsp3) is 0. The number of nitrogens with zero attached hydrogens (tertiary/aromatic N) is 3. The standard InChI is InChI=1S/C11H6IN3S/c12-11-15-14-10(16-11)9-6-5-7-3-1-2-4-8(7)13-9/h1-6H. The van der Waals surface area contributed by atoms with Gasteiger partial charge in [0.2, 0.25) is 0 Å². The molecule has 0 unspecified atom stereocenters. The Morgan fingerprint density at radius 2 is 1.88 bits per heavy atom. The third-order valence-electron chi connectivity index (χ3n) is 2.22. The predicted molar refractivity (Wildman–Crippen MR) is 73.4 cm³/mol. The van der Waals surface area contributed by atoms with E-state index in [1.807, 2.05) is 24.3 Å². The molecular formula is C11H6IN3S. The maximum atomic E-state index is 4.56. The molecule has 78 valence electrons. The zero-order valence-corrected chi connectivity index (χ0v) is 11.1. The van der Waals surface area contributed by atoms with Crippen LogP contribution in [-0.4, -0.2) is 15.2 Å². The van der Waals surface area contributed by atoms with Gasteiger partial charge in [0.05, 0.1) is 5.52 Å². The average molecular weight is 339 g/mol. The van der Waals surface area contributed by atoms with Crippen molar-refractivity contribution in [1.82, 2.24) is 15.2 Å². The van der Waals surface area contributed by atoms with Gasteiger partial charge < -0.3 is 0 Å². The number of hydrogen-bond donors (Lipinski definition) is 0. The number of rotatable bonds is 1. The molecule has 16 heavy (non-hydrogen) atoms. The number of para-hydroxylation sites is 1. The van der Waals surface area contributed by atoms with Crippen LogP contribution in [0.3, 0.4) is 0 Å². The quantitative estimate of drug-likeness (QED) is 0.638. The molecule has 0 fully saturated rings. The Hall–Kier alpha value is -1.08. The van der Waals surface area contributed by atoms with Gasteiger partial charge in [-0.25, -0.2) is 4.98 Å². The Kier molecular flexibility index (Phi) is 2.56. The van der Waals surface area contributed by atoms with E-state index in [-0.39, 0.29) is 0 Å². The van der Waals surface area contributed by atoms with E-state index in [2.05, 4.69) is 49.9 Å². The minimum absolute atomic E-state index is 0.871. The molecule has 0 aliphatic heterocycles. The second-order valence-electron chi connectivity index (χ2n) is 3.25. The van der Waals surface area contributed by atoms with Crippen molar-refractivity contribution >= 4 is 44.8 Å². The molecule has 2 aromatic heterocycles. The SMILES string of the molecule is Ic1nnc(-c2ccc3ccccc3n2)s1. The van der Waals surface area contributed by atoms with Crippen molar-refractivity contribution in [3.63, 3.8) is 0 Å². The van der Waals surface area contributed by atoms with Gasteiger partial charge in [-0.2, -0.15) is 0 Å². The lowest BCUT2D eigenvalue weighted by molar-refractivity contribution is 1.07. The molecule has 0 bridgehead atoms. The average Bonchev–Trinajstić information content (AvgIpc) is 2.75. The van der Waals surface area contributed by atoms with Gasteiger partial charge in [0.25, 0.3) is 0 Å². The normalized spacial score (nSPS) is 10.8. The van der Waals surface area contributed by atoms with Crippen molar-refractivity contribution in [2.24, 2.45) is 0 Å². The first kappa shape index (κ1) is 10.1. The molecule has 3 rings (SSSR count). The molecule has 5 heteroatoms. The molecule has 2 heterocycles. The monoisotopic (exact) mass is 339 g/mol. The maximum absolute atomic E-state index is 4.56. The lowest BCUT2D eigenvalue weighted by Gasteiger charge is -1.98. The Labute approximate surface area is 110 Å². The smallest absolute Gasteiger partial charge is 0.178 e. The van der Waals surface area contributed by atoms with E-state index in [4.69, 9.17) is 0 Å². The Balaban J connectivity index is 2.18. The fourth-order valence-corrected chi connectivity index (χ4v) is 2.77. The van der Waals surface area contributed by atoms with Crippen molar-refractivity contribution in [3.05, 3.63) is 39.4 Å². The molecule has 0 atom stereocenters. The highest BCUT2D eigenvalue weighted by Gasteiger charge is 2.06. The third kappa shape index (κ3) is 1.80. The van der Waals surface area contributed by atoms with Crippen LogP contribution in [0.1, 0.15) is 0 Å². The van der Waals surface area contributed by atoms with Crippen LogP contribution in [-0.2, 0) is 0 Å². The predicted octanol–water partition coefficient (Wildman–Crippen LogP) is 3.36. The van der Waals surface area contributed by atoms with Gasteiger partial charge in [-0.15, -0.1) is 10.2 Å². The lowest BCUT2D eigenvalue weighted by atomic mass is 10.2. The van der Waals surface area contributed by atoms with Crippen molar-refractivity contribution in [2.75, 3.05) is 0 Å². The Morgan fingerprint density at radius 1 is 1.00 bits per heavy atom. The molecule has 0 N–H and O–H groups in total. The van der Waals surface area contributed by atoms with E-state index < -0.39 is 0 Å². The number of benzene rings is 1. The van der Waals surface area contributed by atoms with E-state index in [9.17, 15) is 0 Å². The minimum Gasteiger partial charge on any atom is -0.245 e. The molecule has 0 radical (unpaired) electrons. The zero-order chi connectivity index (χ0) is 11.0. The number of halogens is 1. The summed E-state index contributed by atoms with van der Waals surface area (Å²) in [7, 11) is 0. The topological polar surface area (TPSA) is 38.7 Å². The summed E-state index contributed by atoms with van der Waals surface area (Å²) in [6, 6.07) is 12.1. The molecule has 3 aromatic rings. The van der Waals surface area contributed by atoms with Gasteiger partial charge in [0.15, 0.2) is 8.02 Å². The summed E-state index contributed by atoms with van der Waals surface area (Å²) >= 11 is 3.71. The largest absolute Gasteiger partial charge is 0.245 e. The number of hydrogen-bond acceptors (Lipinski definition) is 4. The van der Waals surface area contributed by atoms with E-state index >= 15 is 0 Å². The fourth-order valence-electron chi connectivity index (χ4n) is 1.49.